The van der Waals surface area contributed by atoms with Crippen molar-refractivity contribution >= 4 is 5.97 Å². The second-order valence-corrected chi connectivity index (χ2v) is 6.16. The second kappa shape index (κ2) is 3.67. The number of carbonyl (C=O) groups is 1. The third-order valence-electron chi connectivity index (χ3n) is 5.78. The first kappa shape index (κ1) is 11.5. The second-order valence-electron chi connectivity index (χ2n) is 6.16. The summed E-state index contributed by atoms with van der Waals surface area (Å²) in [7, 11) is 0. The molecular formula is C13H20FNO2. The molecule has 0 spiro atoms. The monoisotopic (exact) mass is 241 g/mol. The van der Waals surface area contributed by atoms with Gasteiger partial charge in [-0.15, -0.1) is 0 Å². The number of carboxylic acids is 1. The molecule has 3 N–H and O–H groups in total. The number of fused-ring (bicyclic) bond motifs is 1. The highest BCUT2D eigenvalue weighted by molar-refractivity contribution is 5.68. The minimum atomic E-state index is -0.781. The maximum atomic E-state index is 14.2. The number of carboxylic acid groups (broad SMARTS) is 1. The SMILES string of the molecule is NC[C@@]1(CC(=O)O)[C@@H]2CC[C@@H]3CC[C@H]1[C@H]2[C@H]3F. The van der Waals surface area contributed by atoms with Gasteiger partial charge in [0, 0.05) is 0 Å². The van der Waals surface area contributed by atoms with Gasteiger partial charge >= 0.3 is 5.97 Å². The topological polar surface area (TPSA) is 63.3 Å². The number of hydrogen-bond acceptors (Lipinski definition) is 2. The average molecular weight is 241 g/mol. The first-order chi connectivity index (χ1) is 8.10. The Bertz CT molecular complexity index is 330. The summed E-state index contributed by atoms with van der Waals surface area (Å²) in [6.45, 7) is 0.405. The van der Waals surface area contributed by atoms with E-state index in [2.05, 4.69) is 0 Å². The Morgan fingerprint density at radius 1 is 1.29 bits per heavy atom. The van der Waals surface area contributed by atoms with Crippen molar-refractivity contribution in [1.29, 1.82) is 0 Å². The van der Waals surface area contributed by atoms with E-state index >= 15 is 0 Å². The molecule has 2 bridgehead atoms. The van der Waals surface area contributed by atoms with E-state index in [-0.39, 0.29) is 35.5 Å². The maximum absolute atomic E-state index is 14.2. The Hall–Kier alpha value is -0.640. The van der Waals surface area contributed by atoms with Crippen LogP contribution in [-0.2, 0) is 4.79 Å². The molecule has 0 aromatic rings. The highest BCUT2D eigenvalue weighted by atomic mass is 19.1. The van der Waals surface area contributed by atoms with Gasteiger partial charge in [-0.1, -0.05) is 0 Å². The molecule has 0 amide bonds. The fraction of sp³-hybridized carbons (Fsp3) is 0.923. The predicted octanol–water partition coefficient (Wildman–Crippen LogP) is 1.81. The molecule has 0 radical (unpaired) electrons. The van der Waals surface area contributed by atoms with Crippen molar-refractivity contribution in [2.24, 2.45) is 34.8 Å². The van der Waals surface area contributed by atoms with Crippen molar-refractivity contribution in [2.45, 2.75) is 38.3 Å². The van der Waals surface area contributed by atoms with Crippen molar-refractivity contribution < 1.29 is 14.3 Å². The number of hydrogen-bond donors (Lipinski definition) is 2. The van der Waals surface area contributed by atoms with Crippen LogP contribution in [0.2, 0.25) is 0 Å². The van der Waals surface area contributed by atoms with Crippen LogP contribution in [0.3, 0.4) is 0 Å². The van der Waals surface area contributed by atoms with E-state index in [1.54, 1.807) is 0 Å². The summed E-state index contributed by atoms with van der Waals surface area (Å²) >= 11 is 0. The lowest BCUT2D eigenvalue weighted by Gasteiger charge is -2.67. The summed E-state index contributed by atoms with van der Waals surface area (Å²) in [6.07, 6.45) is 3.26. The van der Waals surface area contributed by atoms with Crippen LogP contribution in [0.15, 0.2) is 0 Å². The van der Waals surface area contributed by atoms with Crippen molar-refractivity contribution in [3.63, 3.8) is 0 Å². The zero-order valence-corrected chi connectivity index (χ0v) is 9.94. The van der Waals surface area contributed by atoms with Crippen LogP contribution in [0, 0.1) is 29.1 Å². The van der Waals surface area contributed by atoms with Gasteiger partial charge in [-0.05, 0) is 61.3 Å². The molecule has 3 aliphatic carbocycles. The van der Waals surface area contributed by atoms with E-state index in [0.717, 1.165) is 25.7 Å². The Morgan fingerprint density at radius 2 is 1.88 bits per heavy atom. The molecule has 3 rings (SSSR count). The normalized spacial score (nSPS) is 51.8. The third kappa shape index (κ3) is 1.33. The molecule has 17 heavy (non-hydrogen) atoms. The molecule has 0 aromatic heterocycles. The summed E-state index contributed by atoms with van der Waals surface area (Å²) < 4.78 is 14.2. The van der Waals surface area contributed by atoms with Crippen LogP contribution in [0.5, 0.6) is 0 Å². The molecule has 3 fully saturated rings. The first-order valence-corrected chi connectivity index (χ1v) is 6.66. The van der Waals surface area contributed by atoms with Gasteiger partial charge in [0.15, 0.2) is 0 Å². The van der Waals surface area contributed by atoms with E-state index in [1.807, 2.05) is 0 Å². The fourth-order valence-corrected chi connectivity index (χ4v) is 5.09. The number of aliphatic carboxylic acids is 1. The van der Waals surface area contributed by atoms with Gasteiger partial charge in [0.25, 0.3) is 0 Å². The molecule has 3 aliphatic rings. The third-order valence-corrected chi connectivity index (χ3v) is 5.78. The van der Waals surface area contributed by atoms with Crippen LogP contribution < -0.4 is 5.73 Å². The van der Waals surface area contributed by atoms with Crippen molar-refractivity contribution in [3.8, 4) is 0 Å². The summed E-state index contributed by atoms with van der Waals surface area (Å²) in [4.78, 5) is 11.0. The summed E-state index contributed by atoms with van der Waals surface area (Å²) in [5.41, 5.74) is 5.57. The summed E-state index contributed by atoms with van der Waals surface area (Å²) in [5, 5.41) is 9.08. The number of alkyl halides is 1. The van der Waals surface area contributed by atoms with E-state index in [9.17, 15) is 9.18 Å². The van der Waals surface area contributed by atoms with Gasteiger partial charge in [-0.2, -0.15) is 0 Å². The first-order valence-electron chi connectivity index (χ1n) is 6.66. The van der Waals surface area contributed by atoms with Gasteiger partial charge in [-0.3, -0.25) is 4.79 Å². The zero-order valence-electron chi connectivity index (χ0n) is 9.94. The minimum Gasteiger partial charge on any atom is -0.481 e. The van der Waals surface area contributed by atoms with Crippen LogP contribution in [0.25, 0.3) is 0 Å². The molecule has 0 saturated heterocycles. The molecule has 96 valence electrons. The summed E-state index contributed by atoms with van der Waals surface area (Å²) in [6, 6.07) is 0. The van der Waals surface area contributed by atoms with Gasteiger partial charge in [0.1, 0.15) is 6.17 Å². The van der Waals surface area contributed by atoms with Gasteiger partial charge in [0.2, 0.25) is 0 Å². The Balaban J connectivity index is 1.90. The van der Waals surface area contributed by atoms with E-state index in [4.69, 9.17) is 10.8 Å². The van der Waals surface area contributed by atoms with Crippen LogP contribution in [-0.4, -0.2) is 23.8 Å². The Morgan fingerprint density at radius 3 is 2.35 bits per heavy atom. The molecule has 6 atom stereocenters. The molecule has 0 heterocycles. The van der Waals surface area contributed by atoms with Crippen molar-refractivity contribution in [2.75, 3.05) is 6.54 Å². The van der Waals surface area contributed by atoms with Crippen molar-refractivity contribution in [3.05, 3.63) is 0 Å². The molecule has 0 aromatic carbocycles. The largest absolute Gasteiger partial charge is 0.481 e. The highest BCUT2D eigenvalue weighted by Gasteiger charge is 2.67. The standard InChI is InChI=1S/C13H20FNO2/c14-12-7-1-3-8-11(12)9(4-2-7)13(8,6-15)5-10(16)17/h7-9,11-12H,1-6,15H2,(H,16,17)/t7-,8-,9+,11+,12-,13+/m0/s1. The van der Waals surface area contributed by atoms with Gasteiger partial charge in [-0.25, -0.2) is 4.39 Å². The number of rotatable bonds is 3. The van der Waals surface area contributed by atoms with E-state index in [0.29, 0.717) is 6.54 Å². The highest BCUT2D eigenvalue weighted by Crippen LogP contribution is 2.68. The predicted molar refractivity (Wildman–Crippen MR) is 61.1 cm³/mol. The lowest BCUT2D eigenvalue weighted by Crippen LogP contribution is -2.68. The molecule has 4 heteroatoms. The molecule has 0 unspecified atom stereocenters. The van der Waals surface area contributed by atoms with Crippen LogP contribution >= 0.6 is 0 Å². The smallest absolute Gasteiger partial charge is 0.303 e. The number of nitrogens with two attached hydrogens (primary N) is 1. The van der Waals surface area contributed by atoms with E-state index in [1.165, 1.54) is 0 Å². The quantitative estimate of drug-likeness (QED) is 0.792. The molecule has 3 nitrogen and oxygen atoms in total. The fourth-order valence-electron chi connectivity index (χ4n) is 5.09. The molecule has 3 saturated carbocycles. The van der Waals surface area contributed by atoms with E-state index < -0.39 is 12.1 Å². The van der Waals surface area contributed by atoms with Crippen LogP contribution in [0.4, 0.5) is 4.39 Å². The number of halogens is 1. The maximum Gasteiger partial charge on any atom is 0.303 e. The Labute approximate surface area is 101 Å². The average Bonchev–Trinajstić information content (AvgIpc) is 2.23. The van der Waals surface area contributed by atoms with Gasteiger partial charge < -0.3 is 10.8 Å². The molecule has 0 aliphatic heterocycles. The summed E-state index contributed by atoms with van der Waals surface area (Å²) in [5.74, 6) is 0.0239. The Kier molecular flexibility index (Phi) is 2.47. The minimum absolute atomic E-state index is 0.116. The molecular weight excluding hydrogens is 221 g/mol. The zero-order chi connectivity index (χ0) is 12.2. The van der Waals surface area contributed by atoms with Gasteiger partial charge in [0.05, 0.1) is 6.42 Å². The van der Waals surface area contributed by atoms with Crippen LogP contribution in [0.1, 0.15) is 32.1 Å². The lowest BCUT2D eigenvalue weighted by molar-refractivity contribution is -0.217. The lowest BCUT2D eigenvalue weighted by atomic mass is 9.37. The van der Waals surface area contributed by atoms with Crippen molar-refractivity contribution in [1.82, 2.24) is 0 Å².